The molecule has 1 atom stereocenters. The topological polar surface area (TPSA) is 119 Å². The lowest BCUT2D eigenvalue weighted by Gasteiger charge is -2.15. The minimum absolute atomic E-state index is 0.0703. The fourth-order valence-electron chi connectivity index (χ4n) is 1.91. The monoisotopic (exact) mass is 302 g/mol. The summed E-state index contributed by atoms with van der Waals surface area (Å²) >= 11 is 1.42. The van der Waals surface area contributed by atoms with Crippen LogP contribution in [0.15, 0.2) is 44.2 Å². The summed E-state index contributed by atoms with van der Waals surface area (Å²) in [5.41, 5.74) is 6.54. The zero-order valence-electron chi connectivity index (χ0n) is 10.7. The van der Waals surface area contributed by atoms with Crippen molar-refractivity contribution in [2.24, 2.45) is 25.7 Å². The number of hydrogen-bond acceptors (Lipinski definition) is 8. The highest BCUT2D eigenvalue weighted by atomic mass is 32.2. The molecule has 0 spiro atoms. The van der Waals surface area contributed by atoms with Crippen molar-refractivity contribution in [2.45, 2.75) is 11.8 Å². The first-order valence-corrected chi connectivity index (χ1v) is 7.00. The van der Waals surface area contributed by atoms with E-state index < -0.39 is 4.92 Å². The summed E-state index contributed by atoms with van der Waals surface area (Å²) in [4.78, 5) is 26.7. The third kappa shape index (κ3) is 2.82. The van der Waals surface area contributed by atoms with E-state index in [1.165, 1.54) is 24.2 Å². The van der Waals surface area contributed by atoms with E-state index in [4.69, 9.17) is 5.73 Å². The molecule has 0 radical (unpaired) electrons. The maximum Gasteiger partial charge on any atom is 0.269 e. The normalized spacial score (nSPS) is 19.6. The molecule has 3 rings (SSSR count). The van der Waals surface area contributed by atoms with E-state index >= 15 is 0 Å². The van der Waals surface area contributed by atoms with Gasteiger partial charge in [-0.05, 0) is 5.56 Å². The minimum atomic E-state index is -0.414. The first-order chi connectivity index (χ1) is 10.1. The average Bonchev–Trinajstić information content (AvgIpc) is 2.93. The lowest BCUT2D eigenvalue weighted by molar-refractivity contribution is -0.384. The summed E-state index contributed by atoms with van der Waals surface area (Å²) in [6.45, 7) is 0. The van der Waals surface area contributed by atoms with E-state index in [-0.39, 0.29) is 17.7 Å². The van der Waals surface area contributed by atoms with Crippen LogP contribution in [0.5, 0.6) is 0 Å². The Labute approximate surface area is 123 Å². The highest BCUT2D eigenvalue weighted by Gasteiger charge is 2.28. The lowest BCUT2D eigenvalue weighted by atomic mass is 10.2. The van der Waals surface area contributed by atoms with E-state index in [9.17, 15) is 10.1 Å². The first kappa shape index (κ1) is 13.4. The number of thioether (sulfide) groups is 1. The van der Waals surface area contributed by atoms with Gasteiger partial charge in [0.2, 0.25) is 5.96 Å². The molecule has 1 aromatic carbocycles. The van der Waals surface area contributed by atoms with E-state index in [0.29, 0.717) is 16.6 Å². The molecule has 8 nitrogen and oxygen atoms in total. The molecule has 106 valence electrons. The number of nitrogens with zero attached hydrogens (tertiary/aromatic N) is 5. The van der Waals surface area contributed by atoms with Gasteiger partial charge in [-0.1, -0.05) is 12.1 Å². The number of aliphatic imine (C=N–C) groups is 4. The molecule has 1 aromatic rings. The van der Waals surface area contributed by atoms with Crippen LogP contribution in [0.1, 0.15) is 5.56 Å². The highest BCUT2D eigenvalue weighted by molar-refractivity contribution is 8.13. The summed E-state index contributed by atoms with van der Waals surface area (Å²) < 4.78 is 0. The highest BCUT2D eigenvalue weighted by Crippen LogP contribution is 2.24. The number of rotatable bonds is 3. The molecule has 21 heavy (non-hydrogen) atoms. The van der Waals surface area contributed by atoms with Gasteiger partial charge in [-0.2, -0.15) is 4.99 Å². The molecular weight excluding hydrogens is 292 g/mol. The van der Waals surface area contributed by atoms with Crippen LogP contribution in [0.2, 0.25) is 0 Å². The Hall–Kier alpha value is -2.55. The number of hydrogen-bond donors (Lipinski definition) is 1. The van der Waals surface area contributed by atoms with Crippen LogP contribution >= 0.6 is 11.8 Å². The Morgan fingerprint density at radius 2 is 2.24 bits per heavy atom. The first-order valence-electron chi connectivity index (χ1n) is 6.02. The largest absolute Gasteiger partial charge is 0.368 e. The number of nitrogens with two attached hydrogens (primary N) is 1. The van der Waals surface area contributed by atoms with Crippen LogP contribution < -0.4 is 5.73 Å². The molecule has 0 amide bonds. The smallest absolute Gasteiger partial charge is 0.269 e. The number of guanidine groups is 1. The second-order valence-corrected chi connectivity index (χ2v) is 5.29. The van der Waals surface area contributed by atoms with Crippen molar-refractivity contribution in [1.29, 1.82) is 0 Å². The Kier molecular flexibility index (Phi) is 3.48. The van der Waals surface area contributed by atoms with Crippen LogP contribution in [-0.4, -0.2) is 34.1 Å². The minimum Gasteiger partial charge on any atom is -0.368 e. The number of fused-ring (bicyclic) bond motifs is 1. The molecule has 2 aliphatic heterocycles. The van der Waals surface area contributed by atoms with Gasteiger partial charge < -0.3 is 5.73 Å². The summed E-state index contributed by atoms with van der Waals surface area (Å²) in [5, 5.41) is 11.5. The van der Waals surface area contributed by atoms with Crippen LogP contribution in [0.25, 0.3) is 0 Å². The van der Waals surface area contributed by atoms with Crippen molar-refractivity contribution in [3.8, 4) is 0 Å². The number of nitro benzene ring substituents is 1. The number of benzene rings is 1. The number of nitro groups is 1. The van der Waals surface area contributed by atoms with Crippen molar-refractivity contribution < 1.29 is 4.92 Å². The number of amidine groups is 1. The molecule has 9 heteroatoms. The van der Waals surface area contributed by atoms with Crippen LogP contribution in [0.4, 0.5) is 5.69 Å². The SMILES string of the molecule is NC1=NC2=NC=NC2C(SCc2cccc([N+](=O)[O-])c2)=N1. The molecule has 0 saturated carbocycles. The van der Waals surface area contributed by atoms with Gasteiger partial charge in [-0.15, -0.1) is 11.8 Å². The van der Waals surface area contributed by atoms with Crippen molar-refractivity contribution >= 4 is 40.6 Å². The van der Waals surface area contributed by atoms with Gasteiger partial charge in [0.05, 0.1) is 4.92 Å². The van der Waals surface area contributed by atoms with E-state index in [1.54, 1.807) is 12.1 Å². The predicted octanol–water partition coefficient (Wildman–Crippen LogP) is 1.36. The van der Waals surface area contributed by atoms with Crippen LogP contribution in [0, 0.1) is 10.1 Å². The summed E-state index contributed by atoms with van der Waals surface area (Å²) in [6, 6.07) is 6.19. The Morgan fingerprint density at radius 1 is 1.38 bits per heavy atom. The lowest BCUT2D eigenvalue weighted by Crippen LogP contribution is -2.31. The molecule has 1 unspecified atom stereocenters. The third-order valence-electron chi connectivity index (χ3n) is 2.85. The third-order valence-corrected chi connectivity index (χ3v) is 3.93. The van der Waals surface area contributed by atoms with Crippen molar-refractivity contribution in [3.63, 3.8) is 0 Å². The molecular formula is C12H10N6O2S. The zero-order chi connectivity index (χ0) is 14.8. The van der Waals surface area contributed by atoms with E-state index in [0.717, 1.165) is 5.56 Å². The Bertz CT molecular complexity index is 724. The molecule has 2 N–H and O–H groups in total. The van der Waals surface area contributed by atoms with Gasteiger partial charge >= 0.3 is 0 Å². The second kappa shape index (κ2) is 5.44. The van der Waals surface area contributed by atoms with Crippen LogP contribution in [0.3, 0.4) is 0 Å². The van der Waals surface area contributed by atoms with Crippen molar-refractivity contribution in [2.75, 3.05) is 0 Å². The summed E-state index contributed by atoms with van der Waals surface area (Å²) in [5.74, 6) is 1.22. The van der Waals surface area contributed by atoms with E-state index in [2.05, 4.69) is 20.0 Å². The van der Waals surface area contributed by atoms with Gasteiger partial charge in [-0.3, -0.25) is 15.1 Å². The second-order valence-electron chi connectivity index (χ2n) is 4.29. The molecule has 0 aromatic heterocycles. The van der Waals surface area contributed by atoms with Gasteiger partial charge in [0, 0.05) is 17.9 Å². The standard InChI is InChI=1S/C12H10N6O2S/c13-12-16-10-9(14-6-15-10)11(17-12)21-5-7-2-1-3-8(4-7)18(19)20/h1-4,6,9H,5H2,(H2,13,14,15,16). The molecule has 2 heterocycles. The van der Waals surface area contributed by atoms with Crippen LogP contribution in [-0.2, 0) is 5.75 Å². The Morgan fingerprint density at radius 3 is 3.05 bits per heavy atom. The fourth-order valence-corrected chi connectivity index (χ4v) is 2.88. The molecule has 0 saturated heterocycles. The van der Waals surface area contributed by atoms with Gasteiger partial charge in [0.15, 0.2) is 11.9 Å². The number of non-ortho nitro benzene ring substituents is 1. The molecule has 0 aliphatic carbocycles. The molecule has 0 bridgehead atoms. The maximum atomic E-state index is 10.8. The average molecular weight is 302 g/mol. The quantitative estimate of drug-likeness (QED) is 0.669. The van der Waals surface area contributed by atoms with E-state index in [1.807, 2.05) is 6.07 Å². The zero-order valence-corrected chi connectivity index (χ0v) is 11.5. The van der Waals surface area contributed by atoms with Gasteiger partial charge in [-0.25, -0.2) is 9.98 Å². The summed E-state index contributed by atoms with van der Waals surface area (Å²) in [7, 11) is 0. The Balaban J connectivity index is 1.74. The van der Waals surface area contributed by atoms with Gasteiger partial charge in [0.1, 0.15) is 11.4 Å². The van der Waals surface area contributed by atoms with Crippen molar-refractivity contribution in [3.05, 3.63) is 39.9 Å². The predicted molar refractivity (Wildman–Crippen MR) is 83.2 cm³/mol. The maximum absolute atomic E-state index is 10.8. The fraction of sp³-hybridized carbons (Fsp3) is 0.167. The molecule has 0 fully saturated rings. The molecule has 2 aliphatic rings. The van der Waals surface area contributed by atoms with Gasteiger partial charge in [0.25, 0.3) is 5.69 Å². The van der Waals surface area contributed by atoms with Crippen molar-refractivity contribution in [1.82, 2.24) is 0 Å². The summed E-state index contributed by atoms with van der Waals surface area (Å²) in [6.07, 6.45) is 1.44.